The number of benzene rings is 1. The molecule has 1 heterocycles. The fourth-order valence-electron chi connectivity index (χ4n) is 3.56. The first-order valence-electron chi connectivity index (χ1n) is 11.4. The Balaban J connectivity index is 0.00000249. The van der Waals surface area contributed by atoms with Gasteiger partial charge in [-0.2, -0.15) is 5.10 Å². The van der Waals surface area contributed by atoms with Gasteiger partial charge in [0, 0.05) is 44.9 Å². The van der Waals surface area contributed by atoms with Crippen molar-refractivity contribution in [2.24, 2.45) is 5.10 Å². The lowest BCUT2D eigenvalue weighted by Crippen LogP contribution is -2.40. The van der Waals surface area contributed by atoms with Gasteiger partial charge in [-0.1, -0.05) is 44.2 Å². The molecule has 178 valence electrons. The average Bonchev–Trinajstić information content (AvgIpc) is 2.76. The Morgan fingerprint density at radius 3 is 2.44 bits per heavy atom. The Hall–Kier alpha value is -2.34. The molecule has 1 aromatic carbocycles. The van der Waals surface area contributed by atoms with Crippen LogP contribution in [0.3, 0.4) is 0 Å². The summed E-state index contributed by atoms with van der Waals surface area (Å²) in [5, 5.41) is 5.66. The summed E-state index contributed by atoms with van der Waals surface area (Å²) in [5.41, 5.74) is 2.99. The van der Waals surface area contributed by atoms with Gasteiger partial charge in [0.1, 0.15) is 11.5 Å². The highest BCUT2D eigenvalue weighted by Gasteiger charge is 2.34. The van der Waals surface area contributed by atoms with Crippen molar-refractivity contribution in [3.8, 4) is 0 Å². The Labute approximate surface area is 192 Å². The number of alkyl halides is 2. The van der Waals surface area contributed by atoms with Crippen LogP contribution in [0.25, 0.3) is 0 Å². The number of anilines is 1. The average molecular weight is 450 g/mol. The lowest BCUT2D eigenvalue weighted by Gasteiger charge is -2.33. The number of rotatable bonds is 9. The van der Waals surface area contributed by atoms with Crippen LogP contribution in [-0.4, -0.2) is 37.2 Å². The monoisotopic (exact) mass is 449 g/mol. The smallest absolute Gasteiger partial charge is 0.250 e. The highest BCUT2D eigenvalue weighted by molar-refractivity contribution is 5.56. The number of allylic oxidation sites excluding steroid dienone is 5. The highest BCUT2D eigenvalue weighted by atomic mass is 19.3. The molecule has 1 aliphatic rings. The molecular weight excluding hydrogens is 411 g/mol. The van der Waals surface area contributed by atoms with E-state index in [4.69, 9.17) is 0 Å². The van der Waals surface area contributed by atoms with Crippen molar-refractivity contribution in [1.29, 1.82) is 0 Å². The van der Waals surface area contributed by atoms with Crippen LogP contribution in [0.1, 0.15) is 58.9 Å². The first-order valence-corrected chi connectivity index (χ1v) is 11.4. The molecule has 0 atom stereocenters. The zero-order valence-electron chi connectivity index (χ0n) is 20.2. The number of hydrogen-bond acceptors (Lipinski definition) is 3. The third-order valence-corrected chi connectivity index (χ3v) is 5.26. The number of hydrogen-bond donors (Lipinski definition) is 0. The van der Waals surface area contributed by atoms with Gasteiger partial charge in [0.25, 0.3) is 5.92 Å². The summed E-state index contributed by atoms with van der Waals surface area (Å²) in [6.45, 7) is 14.6. The molecule has 2 rings (SSSR count). The van der Waals surface area contributed by atoms with E-state index >= 15 is 0 Å². The normalized spacial score (nSPS) is 17.1. The van der Waals surface area contributed by atoms with Gasteiger partial charge in [-0.25, -0.2) is 18.2 Å². The molecule has 1 aliphatic heterocycles. The fourth-order valence-corrected chi connectivity index (χ4v) is 3.56. The Morgan fingerprint density at radius 2 is 1.88 bits per heavy atom. The molecule has 6 heteroatoms. The van der Waals surface area contributed by atoms with Crippen LogP contribution in [0.4, 0.5) is 18.9 Å². The van der Waals surface area contributed by atoms with Crippen LogP contribution in [0.15, 0.2) is 58.9 Å². The molecule has 0 aromatic heterocycles. The zero-order chi connectivity index (χ0) is 24.1. The molecule has 0 unspecified atom stereocenters. The molecule has 0 saturated carbocycles. The van der Waals surface area contributed by atoms with E-state index in [1.54, 1.807) is 11.1 Å². The van der Waals surface area contributed by atoms with Gasteiger partial charge in [0.2, 0.25) is 0 Å². The van der Waals surface area contributed by atoms with E-state index in [1.165, 1.54) is 6.07 Å². The third kappa shape index (κ3) is 8.65. The number of piperidine rings is 1. The van der Waals surface area contributed by atoms with Crippen LogP contribution in [0, 0.1) is 12.7 Å². The van der Waals surface area contributed by atoms with Crippen molar-refractivity contribution in [2.45, 2.75) is 66.2 Å². The highest BCUT2D eigenvalue weighted by Crippen LogP contribution is 2.31. The minimum absolute atomic E-state index is 0.127. The molecule has 0 bridgehead atoms. The Morgan fingerprint density at radius 1 is 1.22 bits per heavy atom. The van der Waals surface area contributed by atoms with Gasteiger partial charge in [0.05, 0.1) is 0 Å². The second kappa shape index (κ2) is 13.9. The van der Waals surface area contributed by atoms with Crippen molar-refractivity contribution in [2.75, 3.05) is 24.6 Å². The first-order chi connectivity index (χ1) is 15.3. The first kappa shape index (κ1) is 27.7. The van der Waals surface area contributed by atoms with Crippen LogP contribution >= 0.6 is 0 Å². The van der Waals surface area contributed by atoms with Crippen LogP contribution in [-0.2, 0) is 0 Å². The molecule has 0 spiro atoms. The quantitative estimate of drug-likeness (QED) is 0.221. The molecule has 0 radical (unpaired) electrons. The predicted octanol–water partition coefficient (Wildman–Crippen LogP) is 7.50. The largest absolute Gasteiger partial charge is 0.299 e. The number of likely N-dealkylation sites (tertiary alicyclic amines) is 1. The molecule has 0 N–H and O–H groups in total. The molecule has 1 aromatic rings. The van der Waals surface area contributed by atoms with E-state index in [0.717, 1.165) is 23.3 Å². The lowest BCUT2D eigenvalue weighted by atomic mass is 10.0. The fraction of sp³-hybridized carbons (Fsp3) is 0.500. The molecular formula is C26H38F3N3. The Kier molecular flexibility index (Phi) is 12.1. The lowest BCUT2D eigenvalue weighted by molar-refractivity contribution is -0.0535. The maximum atomic E-state index is 14.7. The van der Waals surface area contributed by atoms with E-state index in [-0.39, 0.29) is 18.7 Å². The SMILES string of the molecule is C=NN(/C(CC/C=C\C=C/C)=C(/C)CN1CCC(F)(F)CC1)c1ccc(C)cc1F.CC. The number of nitrogens with zero attached hydrogens (tertiary/aromatic N) is 3. The summed E-state index contributed by atoms with van der Waals surface area (Å²) >= 11 is 0. The zero-order valence-corrected chi connectivity index (χ0v) is 20.2. The summed E-state index contributed by atoms with van der Waals surface area (Å²) in [6, 6.07) is 5.01. The van der Waals surface area contributed by atoms with Crippen molar-refractivity contribution in [1.82, 2.24) is 4.90 Å². The maximum Gasteiger partial charge on any atom is 0.250 e. The van der Waals surface area contributed by atoms with Crippen LogP contribution < -0.4 is 5.01 Å². The predicted molar refractivity (Wildman–Crippen MR) is 131 cm³/mol. The second-order valence-electron chi connectivity index (χ2n) is 7.76. The van der Waals surface area contributed by atoms with Gasteiger partial charge < -0.3 is 0 Å². The molecule has 0 amide bonds. The minimum atomic E-state index is -2.58. The summed E-state index contributed by atoms with van der Waals surface area (Å²) in [5.74, 6) is -2.94. The van der Waals surface area contributed by atoms with E-state index in [9.17, 15) is 13.2 Å². The number of aryl methyl sites for hydroxylation is 1. The van der Waals surface area contributed by atoms with Gasteiger partial charge in [-0.3, -0.25) is 4.90 Å². The number of halogens is 3. The van der Waals surface area contributed by atoms with Crippen molar-refractivity contribution < 1.29 is 13.2 Å². The molecule has 0 aliphatic carbocycles. The maximum absolute atomic E-state index is 14.7. The van der Waals surface area contributed by atoms with Gasteiger partial charge >= 0.3 is 0 Å². The van der Waals surface area contributed by atoms with Gasteiger partial charge in [-0.05, 0) is 56.9 Å². The van der Waals surface area contributed by atoms with E-state index in [1.807, 2.05) is 69.9 Å². The van der Waals surface area contributed by atoms with Crippen LogP contribution in [0.5, 0.6) is 0 Å². The van der Waals surface area contributed by atoms with E-state index in [0.29, 0.717) is 31.7 Å². The number of hydrazone groups is 1. The molecule has 1 fully saturated rings. The third-order valence-electron chi connectivity index (χ3n) is 5.26. The standard InChI is InChI=1S/C24H32F3N3.C2H6/c1-5-6-7-8-9-10-22(20(3)18-29-15-13-24(26,27)14-16-29)30(28-4)23-12-11-19(2)17-21(23)25;1-2/h5-8,11-12,17H,4,9-10,13-16,18H2,1-3H3;1-2H3/b6-5-,8-7-,22-20-;. The topological polar surface area (TPSA) is 18.8 Å². The minimum Gasteiger partial charge on any atom is -0.299 e. The second-order valence-corrected chi connectivity index (χ2v) is 7.76. The van der Waals surface area contributed by atoms with Gasteiger partial charge in [-0.15, -0.1) is 0 Å². The summed E-state index contributed by atoms with van der Waals surface area (Å²) in [7, 11) is 0. The Bertz CT molecular complexity index is 803. The van der Waals surface area contributed by atoms with E-state index < -0.39 is 5.92 Å². The van der Waals surface area contributed by atoms with Crippen molar-refractivity contribution in [3.05, 3.63) is 65.2 Å². The summed E-state index contributed by atoms with van der Waals surface area (Å²) in [6.07, 6.45) is 9.04. The summed E-state index contributed by atoms with van der Waals surface area (Å²) in [4.78, 5) is 2.02. The van der Waals surface area contributed by atoms with E-state index in [2.05, 4.69) is 11.8 Å². The molecule has 32 heavy (non-hydrogen) atoms. The van der Waals surface area contributed by atoms with Crippen molar-refractivity contribution in [3.63, 3.8) is 0 Å². The molecule has 1 saturated heterocycles. The van der Waals surface area contributed by atoms with Crippen LogP contribution in [0.2, 0.25) is 0 Å². The van der Waals surface area contributed by atoms with Gasteiger partial charge in [0.15, 0.2) is 0 Å². The summed E-state index contributed by atoms with van der Waals surface area (Å²) < 4.78 is 41.7. The van der Waals surface area contributed by atoms with Crippen molar-refractivity contribution >= 4 is 12.4 Å². The molecule has 3 nitrogen and oxygen atoms in total.